The zero-order valence-corrected chi connectivity index (χ0v) is 9.98. The molecule has 15 heavy (non-hydrogen) atoms. The van der Waals surface area contributed by atoms with Gasteiger partial charge in [0.05, 0.1) is 12.1 Å². The molecular formula is C11H16ClNO2. The first kappa shape index (κ1) is 12.1. The van der Waals surface area contributed by atoms with Gasteiger partial charge in [0.25, 0.3) is 0 Å². The highest BCUT2D eigenvalue weighted by Gasteiger charge is 2.13. The van der Waals surface area contributed by atoms with E-state index in [1.165, 1.54) is 7.11 Å². The van der Waals surface area contributed by atoms with E-state index in [-0.39, 0.29) is 5.75 Å². The van der Waals surface area contributed by atoms with E-state index in [2.05, 4.69) is 5.32 Å². The lowest BCUT2D eigenvalue weighted by Gasteiger charge is -2.12. The summed E-state index contributed by atoms with van der Waals surface area (Å²) in [6.45, 7) is 2.78. The van der Waals surface area contributed by atoms with E-state index in [9.17, 15) is 5.11 Å². The fourth-order valence-corrected chi connectivity index (χ4v) is 1.83. The van der Waals surface area contributed by atoms with Gasteiger partial charge in [0.2, 0.25) is 0 Å². The third-order valence-corrected chi connectivity index (χ3v) is 2.78. The molecule has 0 fully saturated rings. The van der Waals surface area contributed by atoms with Crippen molar-refractivity contribution in [3.05, 3.63) is 22.2 Å². The van der Waals surface area contributed by atoms with E-state index in [0.29, 0.717) is 10.8 Å². The Labute approximate surface area is 95.0 Å². The van der Waals surface area contributed by atoms with Gasteiger partial charge in [-0.25, -0.2) is 0 Å². The molecule has 0 amide bonds. The number of aryl methyl sites for hydroxylation is 1. The number of benzene rings is 1. The molecule has 3 nitrogen and oxygen atoms in total. The van der Waals surface area contributed by atoms with Gasteiger partial charge in [-0.3, -0.25) is 0 Å². The van der Waals surface area contributed by atoms with Crippen LogP contribution < -0.4 is 10.1 Å². The maximum atomic E-state index is 9.72. The van der Waals surface area contributed by atoms with Crippen molar-refractivity contribution in [1.29, 1.82) is 0 Å². The average molecular weight is 230 g/mol. The maximum absolute atomic E-state index is 9.72. The van der Waals surface area contributed by atoms with Crippen LogP contribution in [0.4, 0.5) is 0 Å². The topological polar surface area (TPSA) is 41.5 Å². The first-order chi connectivity index (χ1) is 7.11. The minimum Gasteiger partial charge on any atom is -0.503 e. The van der Waals surface area contributed by atoms with Crippen molar-refractivity contribution in [2.24, 2.45) is 0 Å². The van der Waals surface area contributed by atoms with E-state index in [4.69, 9.17) is 16.3 Å². The van der Waals surface area contributed by atoms with E-state index in [1.54, 1.807) is 6.07 Å². The summed E-state index contributed by atoms with van der Waals surface area (Å²) in [6, 6.07) is 1.80. The zero-order chi connectivity index (χ0) is 11.4. The first-order valence-corrected chi connectivity index (χ1v) is 5.19. The minimum atomic E-state index is 0.0240. The molecule has 2 N–H and O–H groups in total. The van der Waals surface area contributed by atoms with Gasteiger partial charge in [-0.05, 0) is 44.1 Å². The van der Waals surface area contributed by atoms with Gasteiger partial charge in [-0.2, -0.15) is 0 Å². The number of ether oxygens (including phenoxy) is 1. The SMILES string of the molecule is CNCCc1c(C)cc(OC)c(O)c1Cl. The molecule has 0 bridgehead atoms. The van der Waals surface area contributed by atoms with Gasteiger partial charge < -0.3 is 15.2 Å². The number of likely N-dealkylation sites (N-methyl/N-ethyl adjacent to an activating group) is 1. The second kappa shape index (κ2) is 5.24. The van der Waals surface area contributed by atoms with Crippen molar-refractivity contribution in [1.82, 2.24) is 5.32 Å². The van der Waals surface area contributed by atoms with Gasteiger partial charge >= 0.3 is 0 Å². The van der Waals surface area contributed by atoms with E-state index < -0.39 is 0 Å². The van der Waals surface area contributed by atoms with Crippen LogP contribution in [0.1, 0.15) is 11.1 Å². The molecule has 1 aromatic carbocycles. The van der Waals surface area contributed by atoms with Crippen LogP contribution in [0, 0.1) is 6.92 Å². The molecule has 0 atom stereocenters. The van der Waals surface area contributed by atoms with Crippen molar-refractivity contribution < 1.29 is 9.84 Å². The largest absolute Gasteiger partial charge is 0.503 e. The second-order valence-electron chi connectivity index (χ2n) is 3.39. The Morgan fingerprint density at radius 3 is 2.73 bits per heavy atom. The zero-order valence-electron chi connectivity index (χ0n) is 9.22. The summed E-state index contributed by atoms with van der Waals surface area (Å²) < 4.78 is 5.02. The van der Waals surface area contributed by atoms with Crippen molar-refractivity contribution in [2.75, 3.05) is 20.7 Å². The maximum Gasteiger partial charge on any atom is 0.177 e. The summed E-state index contributed by atoms with van der Waals surface area (Å²) in [4.78, 5) is 0. The van der Waals surface area contributed by atoms with Gasteiger partial charge in [0, 0.05) is 0 Å². The first-order valence-electron chi connectivity index (χ1n) is 4.81. The van der Waals surface area contributed by atoms with Gasteiger partial charge in [0.1, 0.15) is 0 Å². The quantitative estimate of drug-likeness (QED) is 0.831. The standard InChI is InChI=1S/C11H16ClNO2/c1-7-6-9(15-3)11(14)10(12)8(7)4-5-13-2/h6,13-14H,4-5H2,1-3H3. The van der Waals surface area contributed by atoms with E-state index in [1.807, 2.05) is 14.0 Å². The number of hydrogen-bond donors (Lipinski definition) is 2. The molecule has 0 aliphatic rings. The lowest BCUT2D eigenvalue weighted by atomic mass is 10.0. The van der Waals surface area contributed by atoms with Gasteiger partial charge in [0.15, 0.2) is 11.5 Å². The second-order valence-corrected chi connectivity index (χ2v) is 3.77. The normalized spacial score (nSPS) is 10.4. The molecule has 0 aliphatic carbocycles. The van der Waals surface area contributed by atoms with Gasteiger partial charge in [-0.15, -0.1) is 0 Å². The molecular weight excluding hydrogens is 214 g/mol. The Balaban J connectivity index is 3.11. The Bertz CT molecular complexity index is 353. The number of halogens is 1. The number of aromatic hydroxyl groups is 1. The molecule has 84 valence electrons. The molecule has 0 saturated carbocycles. The highest BCUT2D eigenvalue weighted by atomic mass is 35.5. The summed E-state index contributed by atoms with van der Waals surface area (Å²) in [5.74, 6) is 0.446. The van der Waals surface area contributed by atoms with Crippen LogP contribution in [-0.4, -0.2) is 25.8 Å². The van der Waals surface area contributed by atoms with E-state index >= 15 is 0 Å². The molecule has 0 spiro atoms. The Morgan fingerprint density at radius 2 is 2.20 bits per heavy atom. The van der Waals surface area contributed by atoms with Crippen molar-refractivity contribution in [3.63, 3.8) is 0 Å². The predicted molar refractivity (Wildman–Crippen MR) is 62.0 cm³/mol. The van der Waals surface area contributed by atoms with E-state index in [0.717, 1.165) is 24.1 Å². The van der Waals surface area contributed by atoms with Crippen molar-refractivity contribution in [2.45, 2.75) is 13.3 Å². The minimum absolute atomic E-state index is 0.0240. The summed E-state index contributed by atoms with van der Waals surface area (Å²) in [5, 5.41) is 13.2. The van der Waals surface area contributed by atoms with Crippen molar-refractivity contribution >= 4 is 11.6 Å². The fourth-order valence-electron chi connectivity index (χ4n) is 1.49. The Morgan fingerprint density at radius 1 is 1.53 bits per heavy atom. The summed E-state index contributed by atoms with van der Waals surface area (Å²) >= 11 is 6.06. The number of nitrogens with one attached hydrogen (secondary N) is 1. The lowest BCUT2D eigenvalue weighted by Crippen LogP contribution is -2.11. The number of methoxy groups -OCH3 is 1. The number of phenols is 1. The molecule has 0 aliphatic heterocycles. The summed E-state index contributed by atoms with van der Waals surface area (Å²) in [7, 11) is 3.39. The monoisotopic (exact) mass is 229 g/mol. The van der Waals surface area contributed by atoms with Crippen LogP contribution >= 0.6 is 11.6 Å². The lowest BCUT2D eigenvalue weighted by molar-refractivity contribution is 0.373. The molecule has 4 heteroatoms. The van der Waals surface area contributed by atoms with Crippen LogP contribution in [0.15, 0.2) is 6.07 Å². The molecule has 0 saturated heterocycles. The van der Waals surface area contributed by atoms with Crippen LogP contribution in [0.5, 0.6) is 11.5 Å². The smallest absolute Gasteiger partial charge is 0.177 e. The summed E-state index contributed by atoms with van der Waals surface area (Å²) in [5.41, 5.74) is 1.99. The molecule has 1 aromatic rings. The fraction of sp³-hybridized carbons (Fsp3) is 0.455. The molecule has 0 radical (unpaired) electrons. The molecule has 0 heterocycles. The highest BCUT2D eigenvalue weighted by Crippen LogP contribution is 2.38. The predicted octanol–water partition coefficient (Wildman–Crippen LogP) is 2.12. The molecule has 1 rings (SSSR count). The number of hydrogen-bond acceptors (Lipinski definition) is 3. The van der Waals surface area contributed by atoms with Crippen LogP contribution in [-0.2, 0) is 6.42 Å². The molecule has 0 unspecified atom stereocenters. The van der Waals surface area contributed by atoms with Crippen LogP contribution in [0.2, 0.25) is 5.02 Å². The molecule has 0 aromatic heterocycles. The Hall–Kier alpha value is -0.930. The van der Waals surface area contributed by atoms with Crippen molar-refractivity contribution in [3.8, 4) is 11.5 Å². The number of rotatable bonds is 4. The number of phenolic OH excluding ortho intramolecular Hbond substituents is 1. The van der Waals surface area contributed by atoms with Crippen LogP contribution in [0.25, 0.3) is 0 Å². The third kappa shape index (κ3) is 2.55. The summed E-state index contributed by atoms with van der Waals surface area (Å²) in [6.07, 6.45) is 0.790. The average Bonchev–Trinajstić information content (AvgIpc) is 2.23. The Kier molecular flexibility index (Phi) is 4.24. The third-order valence-electron chi connectivity index (χ3n) is 2.37. The highest BCUT2D eigenvalue weighted by molar-refractivity contribution is 6.33. The van der Waals surface area contributed by atoms with Gasteiger partial charge in [-0.1, -0.05) is 11.6 Å². The van der Waals surface area contributed by atoms with Crippen LogP contribution in [0.3, 0.4) is 0 Å².